The average molecular weight is 555 g/mol. The van der Waals surface area contributed by atoms with Crippen LogP contribution in [-0.2, 0) is 14.1 Å². The molecule has 39 heavy (non-hydrogen) atoms. The first-order valence-corrected chi connectivity index (χ1v) is 14.4. The monoisotopic (exact) mass is 554 g/mol. The summed E-state index contributed by atoms with van der Waals surface area (Å²) in [6.45, 7) is 2.73. The number of nitrogens with one attached hydrogen (secondary N) is 1. The summed E-state index contributed by atoms with van der Waals surface area (Å²) in [4.78, 5) is 26.2. The summed E-state index contributed by atoms with van der Waals surface area (Å²) in [5, 5.41) is 3.99. The van der Waals surface area contributed by atoms with Crippen molar-refractivity contribution in [3.63, 3.8) is 0 Å². The Hall–Kier alpha value is -3.75. The largest absolute Gasteiger partial charge is 0.442 e. The highest BCUT2D eigenvalue weighted by Crippen LogP contribution is 2.48. The molecule has 8 nitrogen and oxygen atoms in total. The molecule has 2 aliphatic rings. The lowest BCUT2D eigenvalue weighted by Gasteiger charge is -2.40. The van der Waals surface area contributed by atoms with Gasteiger partial charge < -0.3 is 15.0 Å². The number of carbonyl (C=O) groups excluding carboxylic acids is 2. The Kier molecular flexibility index (Phi) is 7.68. The van der Waals surface area contributed by atoms with Gasteiger partial charge in [0.25, 0.3) is 0 Å². The van der Waals surface area contributed by atoms with Crippen LogP contribution in [0.15, 0.2) is 72.8 Å². The minimum atomic E-state index is -3.15. The molecule has 3 aromatic rings. The third-order valence-electron chi connectivity index (χ3n) is 6.95. The molecule has 0 aromatic heterocycles. The summed E-state index contributed by atoms with van der Waals surface area (Å²) >= 11 is 0. The maximum Gasteiger partial charge on any atom is 0.414 e. The van der Waals surface area contributed by atoms with Crippen molar-refractivity contribution in [3.8, 4) is 0 Å². The van der Waals surface area contributed by atoms with Crippen LogP contribution in [0.4, 0.5) is 25.0 Å². The smallest absolute Gasteiger partial charge is 0.414 e. The molecule has 2 amide bonds. The van der Waals surface area contributed by atoms with Crippen molar-refractivity contribution >= 4 is 41.3 Å². The van der Waals surface area contributed by atoms with E-state index >= 15 is 8.78 Å². The highest BCUT2D eigenvalue weighted by atomic mass is 31.2. The van der Waals surface area contributed by atoms with Crippen LogP contribution in [0.25, 0.3) is 0 Å². The van der Waals surface area contributed by atoms with Crippen LogP contribution in [0.5, 0.6) is 0 Å². The first-order chi connectivity index (χ1) is 18.8. The van der Waals surface area contributed by atoms with Gasteiger partial charge >= 0.3 is 6.09 Å². The molecule has 11 heteroatoms. The zero-order valence-corrected chi connectivity index (χ0v) is 22.3. The van der Waals surface area contributed by atoms with Crippen LogP contribution in [0.1, 0.15) is 6.92 Å². The van der Waals surface area contributed by atoms with E-state index in [-0.39, 0.29) is 43.5 Å². The van der Waals surface area contributed by atoms with E-state index in [0.717, 1.165) is 17.0 Å². The third-order valence-corrected chi connectivity index (χ3v) is 10.1. The van der Waals surface area contributed by atoms with Gasteiger partial charge in [0, 0.05) is 55.8 Å². The SMILES string of the molecule is CC(=O)NC[C@H]1CN(c2cc(F)c(N3CCN(P(=O)(c4ccccc4)c4ccccc4)CC3)c(F)c2)C(=O)O1. The van der Waals surface area contributed by atoms with Gasteiger partial charge in [0.2, 0.25) is 13.2 Å². The number of nitrogens with zero attached hydrogens (tertiary/aromatic N) is 3. The van der Waals surface area contributed by atoms with E-state index in [1.807, 2.05) is 65.3 Å². The molecule has 0 radical (unpaired) electrons. The van der Waals surface area contributed by atoms with Gasteiger partial charge in [-0.2, -0.15) is 0 Å². The van der Waals surface area contributed by atoms with Crippen molar-refractivity contribution in [2.24, 2.45) is 0 Å². The van der Waals surface area contributed by atoms with Gasteiger partial charge in [0.1, 0.15) is 11.8 Å². The summed E-state index contributed by atoms with van der Waals surface area (Å²) in [7, 11) is -3.15. The van der Waals surface area contributed by atoms with Gasteiger partial charge in [-0.15, -0.1) is 0 Å². The molecule has 0 aliphatic carbocycles. The van der Waals surface area contributed by atoms with Crippen molar-refractivity contribution < 1.29 is 27.7 Å². The van der Waals surface area contributed by atoms with E-state index < -0.39 is 31.1 Å². The fourth-order valence-corrected chi connectivity index (χ4v) is 7.89. The molecular weight excluding hydrogens is 525 g/mol. The van der Waals surface area contributed by atoms with Crippen molar-refractivity contribution in [2.75, 3.05) is 49.1 Å². The number of hydrogen-bond donors (Lipinski definition) is 1. The van der Waals surface area contributed by atoms with Crippen molar-refractivity contribution in [1.82, 2.24) is 9.99 Å². The minimum Gasteiger partial charge on any atom is -0.442 e. The second kappa shape index (κ2) is 11.2. The van der Waals surface area contributed by atoms with E-state index in [1.54, 1.807) is 4.90 Å². The molecule has 0 bridgehead atoms. The molecule has 0 spiro atoms. The molecule has 204 valence electrons. The van der Waals surface area contributed by atoms with Crippen molar-refractivity contribution in [3.05, 3.63) is 84.4 Å². The van der Waals surface area contributed by atoms with Crippen LogP contribution in [0.2, 0.25) is 0 Å². The third kappa shape index (κ3) is 5.40. The number of cyclic esters (lactones) is 1. The lowest BCUT2D eigenvalue weighted by atomic mass is 10.2. The maximum atomic E-state index is 15.3. The van der Waals surface area contributed by atoms with Gasteiger partial charge in [-0.05, 0) is 24.3 Å². The normalized spacial score (nSPS) is 18.2. The Labute approximate surface area is 225 Å². The standard InChI is InChI=1S/C28H29F2N4O4P/c1-20(35)31-18-22-19-34(28(36)38-22)21-16-25(29)27(26(30)17-21)32-12-14-33(15-13-32)39(37,23-8-4-2-5-9-23)24-10-6-3-7-11-24/h2-11,16-17,22H,12-15,18-19H2,1H3,(H,31,35)/t22-/m0/s1. The molecule has 2 fully saturated rings. The molecular formula is C28H29F2N4O4P. The van der Waals surface area contributed by atoms with Gasteiger partial charge in [0.05, 0.1) is 18.8 Å². The number of hydrogen-bond acceptors (Lipinski definition) is 5. The first kappa shape index (κ1) is 26.8. The topological polar surface area (TPSA) is 82.2 Å². The molecule has 1 atom stereocenters. The average Bonchev–Trinajstić information content (AvgIpc) is 3.33. The number of piperazine rings is 1. The van der Waals surface area contributed by atoms with Crippen LogP contribution in [0.3, 0.4) is 0 Å². The molecule has 2 heterocycles. The zero-order chi connectivity index (χ0) is 27.6. The quantitative estimate of drug-likeness (QED) is 0.451. The van der Waals surface area contributed by atoms with E-state index in [4.69, 9.17) is 4.74 Å². The highest BCUT2D eigenvalue weighted by molar-refractivity contribution is 7.76. The number of anilines is 2. The van der Waals surface area contributed by atoms with Crippen LogP contribution in [0, 0.1) is 11.6 Å². The Morgan fingerprint density at radius 1 is 0.949 bits per heavy atom. The van der Waals surface area contributed by atoms with Gasteiger partial charge in [-0.25, -0.2) is 18.2 Å². The number of amides is 2. The second-order valence-corrected chi connectivity index (χ2v) is 12.2. The zero-order valence-electron chi connectivity index (χ0n) is 21.4. The predicted octanol–water partition coefficient (Wildman–Crippen LogP) is 3.48. The summed E-state index contributed by atoms with van der Waals surface area (Å²) < 4.78 is 52.3. The van der Waals surface area contributed by atoms with Crippen molar-refractivity contribution in [2.45, 2.75) is 13.0 Å². The first-order valence-electron chi connectivity index (χ1n) is 12.7. The lowest BCUT2D eigenvalue weighted by Crippen LogP contribution is -2.48. The molecule has 2 saturated heterocycles. The van der Waals surface area contributed by atoms with E-state index in [1.165, 1.54) is 6.92 Å². The number of benzene rings is 3. The summed E-state index contributed by atoms with van der Waals surface area (Å²) in [5.74, 6) is -1.87. The number of halogens is 2. The number of ether oxygens (including phenoxy) is 1. The number of carbonyl (C=O) groups is 2. The fourth-order valence-electron chi connectivity index (χ4n) is 5.04. The Morgan fingerprint density at radius 2 is 1.49 bits per heavy atom. The van der Waals surface area contributed by atoms with Crippen LogP contribution in [-0.4, -0.2) is 62.0 Å². The number of rotatable bonds is 7. The Balaban J connectivity index is 1.33. The van der Waals surface area contributed by atoms with E-state index in [9.17, 15) is 14.2 Å². The van der Waals surface area contributed by atoms with Crippen LogP contribution >= 0.6 is 7.29 Å². The van der Waals surface area contributed by atoms with E-state index in [2.05, 4.69) is 5.32 Å². The molecule has 3 aromatic carbocycles. The molecule has 2 aliphatic heterocycles. The van der Waals surface area contributed by atoms with E-state index in [0.29, 0.717) is 23.7 Å². The molecule has 1 N–H and O–H groups in total. The van der Waals surface area contributed by atoms with Gasteiger partial charge in [0.15, 0.2) is 11.6 Å². The Morgan fingerprint density at radius 3 is 2.00 bits per heavy atom. The fraction of sp³-hybridized carbons (Fsp3) is 0.286. The minimum absolute atomic E-state index is 0.0420. The molecule has 0 unspecified atom stereocenters. The Bertz CT molecular complexity index is 1330. The lowest BCUT2D eigenvalue weighted by molar-refractivity contribution is -0.119. The molecule has 5 rings (SSSR count). The van der Waals surface area contributed by atoms with Crippen molar-refractivity contribution in [1.29, 1.82) is 0 Å². The summed E-state index contributed by atoms with van der Waals surface area (Å²) in [5.41, 5.74) is -0.143. The summed E-state index contributed by atoms with van der Waals surface area (Å²) in [6.07, 6.45) is -1.35. The maximum absolute atomic E-state index is 15.3. The van der Waals surface area contributed by atoms with Crippen LogP contribution < -0.4 is 25.7 Å². The molecule has 0 saturated carbocycles. The second-order valence-electron chi connectivity index (χ2n) is 9.50. The highest BCUT2D eigenvalue weighted by Gasteiger charge is 2.38. The predicted molar refractivity (Wildman–Crippen MR) is 146 cm³/mol. The van der Waals surface area contributed by atoms with Gasteiger partial charge in [-0.1, -0.05) is 36.4 Å². The van der Waals surface area contributed by atoms with Gasteiger partial charge in [-0.3, -0.25) is 14.3 Å². The summed E-state index contributed by atoms with van der Waals surface area (Å²) in [6, 6.07) is 20.8.